The van der Waals surface area contributed by atoms with Crippen LogP contribution in [-0.4, -0.2) is 10.7 Å². The second-order valence-corrected chi connectivity index (χ2v) is 6.37. The first-order valence-corrected chi connectivity index (χ1v) is 7.11. The SMILES string of the molecule is Cc1cc(F)cc(C(O)c2ccc3c(c2)CC(C)(C)O3)c1. The molecule has 0 saturated carbocycles. The maximum absolute atomic E-state index is 13.5. The summed E-state index contributed by atoms with van der Waals surface area (Å²) in [6.07, 6.45) is -0.0150. The van der Waals surface area contributed by atoms with Crippen LogP contribution in [0.3, 0.4) is 0 Å². The lowest BCUT2D eigenvalue weighted by atomic mass is 9.95. The maximum Gasteiger partial charge on any atom is 0.123 e. The number of halogens is 1. The Balaban J connectivity index is 1.95. The van der Waals surface area contributed by atoms with Crippen LogP contribution < -0.4 is 4.74 Å². The van der Waals surface area contributed by atoms with Crippen molar-refractivity contribution in [3.63, 3.8) is 0 Å². The van der Waals surface area contributed by atoms with Crippen LogP contribution in [0.15, 0.2) is 36.4 Å². The molecule has 110 valence electrons. The molecule has 1 aliphatic heterocycles. The van der Waals surface area contributed by atoms with E-state index in [2.05, 4.69) is 0 Å². The van der Waals surface area contributed by atoms with Crippen molar-refractivity contribution in [2.45, 2.75) is 38.9 Å². The van der Waals surface area contributed by atoms with Crippen LogP contribution in [0.5, 0.6) is 5.75 Å². The van der Waals surface area contributed by atoms with Crippen molar-refractivity contribution in [2.75, 3.05) is 0 Å². The Morgan fingerprint density at radius 3 is 2.62 bits per heavy atom. The van der Waals surface area contributed by atoms with Gasteiger partial charge >= 0.3 is 0 Å². The minimum atomic E-state index is -0.826. The number of aryl methyl sites for hydroxylation is 1. The summed E-state index contributed by atoms with van der Waals surface area (Å²) >= 11 is 0. The predicted octanol–water partition coefficient (Wildman–Crippen LogP) is 3.93. The van der Waals surface area contributed by atoms with E-state index in [4.69, 9.17) is 4.74 Å². The van der Waals surface area contributed by atoms with Gasteiger partial charge < -0.3 is 9.84 Å². The van der Waals surface area contributed by atoms with E-state index >= 15 is 0 Å². The first-order chi connectivity index (χ1) is 9.84. The molecule has 0 aliphatic carbocycles. The van der Waals surface area contributed by atoms with Crippen LogP contribution in [0.1, 0.15) is 42.2 Å². The molecule has 0 saturated heterocycles. The Morgan fingerprint density at radius 1 is 1.14 bits per heavy atom. The van der Waals surface area contributed by atoms with Gasteiger partial charge in [-0.25, -0.2) is 4.39 Å². The van der Waals surface area contributed by atoms with Crippen LogP contribution in [0, 0.1) is 12.7 Å². The zero-order valence-electron chi connectivity index (χ0n) is 12.5. The summed E-state index contributed by atoms with van der Waals surface area (Å²) in [5.74, 6) is 0.543. The van der Waals surface area contributed by atoms with Crippen molar-refractivity contribution in [2.24, 2.45) is 0 Å². The normalized spacial score (nSPS) is 17.2. The van der Waals surface area contributed by atoms with E-state index in [9.17, 15) is 9.50 Å². The highest BCUT2D eigenvalue weighted by Gasteiger charge is 2.30. The van der Waals surface area contributed by atoms with Gasteiger partial charge in [0.05, 0.1) is 0 Å². The molecular formula is C18H19FO2. The highest BCUT2D eigenvalue weighted by atomic mass is 19.1. The molecule has 2 nitrogen and oxygen atoms in total. The lowest BCUT2D eigenvalue weighted by Crippen LogP contribution is -2.24. The Kier molecular flexibility index (Phi) is 3.25. The van der Waals surface area contributed by atoms with Crippen molar-refractivity contribution in [1.29, 1.82) is 0 Å². The first kappa shape index (κ1) is 14.1. The Hall–Kier alpha value is -1.87. The first-order valence-electron chi connectivity index (χ1n) is 7.11. The number of benzene rings is 2. The summed E-state index contributed by atoms with van der Waals surface area (Å²) in [4.78, 5) is 0. The van der Waals surface area contributed by atoms with Gasteiger partial charge in [-0.3, -0.25) is 0 Å². The van der Waals surface area contributed by atoms with Crippen LogP contribution in [0.4, 0.5) is 4.39 Å². The van der Waals surface area contributed by atoms with Gasteiger partial charge in [0.25, 0.3) is 0 Å². The fourth-order valence-electron chi connectivity index (χ4n) is 2.91. The summed E-state index contributed by atoms with van der Waals surface area (Å²) in [5.41, 5.74) is 3.02. The number of ether oxygens (including phenoxy) is 1. The van der Waals surface area contributed by atoms with Gasteiger partial charge in [-0.05, 0) is 67.3 Å². The maximum atomic E-state index is 13.5. The molecule has 0 spiro atoms. The van der Waals surface area contributed by atoms with Crippen molar-refractivity contribution < 1.29 is 14.2 Å². The van der Waals surface area contributed by atoms with Gasteiger partial charge in [0.15, 0.2) is 0 Å². The largest absolute Gasteiger partial charge is 0.487 e. The molecule has 2 aromatic rings. The van der Waals surface area contributed by atoms with Crippen LogP contribution in [0.2, 0.25) is 0 Å². The van der Waals surface area contributed by atoms with Crippen molar-refractivity contribution in [1.82, 2.24) is 0 Å². The Bertz CT molecular complexity index is 671. The van der Waals surface area contributed by atoms with Gasteiger partial charge in [0.1, 0.15) is 23.3 Å². The van der Waals surface area contributed by atoms with E-state index < -0.39 is 6.10 Å². The zero-order chi connectivity index (χ0) is 15.2. The van der Waals surface area contributed by atoms with Crippen molar-refractivity contribution >= 4 is 0 Å². The minimum Gasteiger partial charge on any atom is -0.487 e. The lowest BCUT2D eigenvalue weighted by molar-refractivity contribution is 0.138. The summed E-state index contributed by atoms with van der Waals surface area (Å²) in [6.45, 7) is 5.90. The number of aliphatic hydroxyl groups is 1. The van der Waals surface area contributed by atoms with Crippen molar-refractivity contribution in [3.8, 4) is 5.75 Å². The molecule has 0 fully saturated rings. The second-order valence-electron chi connectivity index (χ2n) is 6.37. The average Bonchev–Trinajstić information content (AvgIpc) is 2.69. The third kappa shape index (κ3) is 2.79. The molecule has 3 heteroatoms. The number of hydrogen-bond acceptors (Lipinski definition) is 2. The molecule has 1 heterocycles. The molecule has 2 aromatic carbocycles. The number of hydrogen-bond donors (Lipinski definition) is 1. The van der Waals surface area contributed by atoms with Gasteiger partial charge in [-0.1, -0.05) is 12.1 Å². The highest BCUT2D eigenvalue weighted by Crippen LogP contribution is 2.37. The molecule has 1 unspecified atom stereocenters. The van der Waals surface area contributed by atoms with Crippen LogP contribution in [0.25, 0.3) is 0 Å². The topological polar surface area (TPSA) is 29.5 Å². The van der Waals surface area contributed by atoms with Crippen molar-refractivity contribution in [3.05, 3.63) is 64.5 Å². The van der Waals surface area contributed by atoms with E-state index in [1.165, 1.54) is 12.1 Å². The quantitative estimate of drug-likeness (QED) is 0.906. The molecule has 1 atom stereocenters. The van der Waals surface area contributed by atoms with E-state index in [1.54, 1.807) is 6.07 Å². The molecule has 0 amide bonds. The molecule has 0 aromatic heterocycles. The van der Waals surface area contributed by atoms with E-state index in [1.807, 2.05) is 39.0 Å². The Morgan fingerprint density at radius 2 is 1.90 bits per heavy atom. The summed E-state index contributed by atoms with van der Waals surface area (Å²) < 4.78 is 19.3. The molecular weight excluding hydrogens is 267 g/mol. The smallest absolute Gasteiger partial charge is 0.123 e. The number of rotatable bonds is 2. The van der Waals surface area contributed by atoms with Gasteiger partial charge in [-0.2, -0.15) is 0 Å². The van der Waals surface area contributed by atoms with Crippen LogP contribution in [-0.2, 0) is 6.42 Å². The molecule has 1 N–H and O–H groups in total. The summed E-state index contributed by atoms with van der Waals surface area (Å²) in [7, 11) is 0. The van der Waals surface area contributed by atoms with Crippen LogP contribution >= 0.6 is 0 Å². The second kappa shape index (κ2) is 4.85. The monoisotopic (exact) mass is 286 g/mol. The third-order valence-electron chi connectivity index (χ3n) is 3.78. The van der Waals surface area contributed by atoms with Gasteiger partial charge in [0, 0.05) is 6.42 Å². The van der Waals surface area contributed by atoms with E-state index in [0.717, 1.165) is 28.9 Å². The molecule has 21 heavy (non-hydrogen) atoms. The fraction of sp³-hybridized carbons (Fsp3) is 0.333. The third-order valence-corrected chi connectivity index (χ3v) is 3.78. The van der Waals surface area contributed by atoms with E-state index in [0.29, 0.717) is 5.56 Å². The molecule has 3 rings (SSSR count). The highest BCUT2D eigenvalue weighted by molar-refractivity contribution is 5.44. The molecule has 0 bridgehead atoms. The van der Waals surface area contributed by atoms with E-state index in [-0.39, 0.29) is 11.4 Å². The number of aliphatic hydroxyl groups excluding tert-OH is 1. The standard InChI is InChI=1S/C18H19FO2/c1-11-6-13(9-15(19)7-11)17(20)12-4-5-16-14(8-12)10-18(2,3)21-16/h4-9,17,20H,10H2,1-3H3. The summed E-state index contributed by atoms with van der Waals surface area (Å²) in [5, 5.41) is 10.5. The average molecular weight is 286 g/mol. The lowest BCUT2D eigenvalue weighted by Gasteiger charge is -2.16. The fourth-order valence-corrected chi connectivity index (χ4v) is 2.91. The zero-order valence-corrected chi connectivity index (χ0v) is 12.5. The molecule has 1 aliphatic rings. The predicted molar refractivity (Wildman–Crippen MR) is 80.1 cm³/mol. The molecule has 0 radical (unpaired) electrons. The Labute approximate surface area is 124 Å². The van der Waals surface area contributed by atoms with Gasteiger partial charge in [0.2, 0.25) is 0 Å². The summed E-state index contributed by atoms with van der Waals surface area (Å²) in [6, 6.07) is 10.3. The number of fused-ring (bicyclic) bond motifs is 1. The minimum absolute atomic E-state index is 0.207. The van der Waals surface area contributed by atoms with Gasteiger partial charge in [-0.15, -0.1) is 0 Å².